The molecule has 7 nitrogen and oxygen atoms in total. The van der Waals surface area contributed by atoms with Gasteiger partial charge in [-0.2, -0.15) is 17.5 Å². The third-order valence-electron chi connectivity index (χ3n) is 4.47. The number of alkyl halides is 3. The van der Waals surface area contributed by atoms with Crippen LogP contribution in [0.25, 0.3) is 0 Å². The van der Waals surface area contributed by atoms with Gasteiger partial charge in [0, 0.05) is 10.7 Å². The lowest BCUT2D eigenvalue weighted by Crippen LogP contribution is -2.47. The van der Waals surface area contributed by atoms with Crippen molar-refractivity contribution in [2.75, 3.05) is 9.62 Å². The highest BCUT2D eigenvalue weighted by atomic mass is 35.5. The molecular formula is C22H17ClF3N3O4S. The molecule has 0 saturated carbocycles. The third-order valence-corrected chi connectivity index (χ3v) is 6.45. The minimum absolute atomic E-state index is 0.116. The normalized spacial score (nSPS) is 11.6. The molecule has 0 saturated heterocycles. The Hall–Kier alpha value is -3.57. The fourth-order valence-electron chi connectivity index (χ4n) is 2.84. The van der Waals surface area contributed by atoms with E-state index in [0.717, 1.165) is 17.7 Å². The second-order valence-electron chi connectivity index (χ2n) is 7.02. The van der Waals surface area contributed by atoms with Crippen LogP contribution >= 0.6 is 11.6 Å². The SMILES string of the molecule is Cc1ccc(S(=O)(=O)N(C(=O)NC(=O)Nc2cccc(C(F)(F)F)c2)c2ccc(Cl)cc2)cc1. The van der Waals surface area contributed by atoms with Crippen LogP contribution in [0, 0.1) is 6.92 Å². The summed E-state index contributed by atoms with van der Waals surface area (Å²) in [4.78, 5) is 25.0. The van der Waals surface area contributed by atoms with Crippen molar-refractivity contribution in [3.05, 3.63) is 88.9 Å². The molecule has 0 atom stereocenters. The molecule has 0 fully saturated rings. The second-order valence-corrected chi connectivity index (χ2v) is 9.24. The summed E-state index contributed by atoms with van der Waals surface area (Å²) in [5, 5.41) is 4.19. The number of urea groups is 2. The fourth-order valence-corrected chi connectivity index (χ4v) is 4.32. The molecule has 34 heavy (non-hydrogen) atoms. The smallest absolute Gasteiger partial charge is 0.308 e. The number of halogens is 4. The predicted octanol–water partition coefficient (Wildman–Crippen LogP) is 5.80. The van der Waals surface area contributed by atoms with Gasteiger partial charge in [-0.15, -0.1) is 0 Å². The van der Waals surface area contributed by atoms with Crippen molar-refractivity contribution in [2.24, 2.45) is 0 Å². The van der Waals surface area contributed by atoms with Crippen LogP contribution in [0.3, 0.4) is 0 Å². The zero-order valence-corrected chi connectivity index (χ0v) is 19.0. The van der Waals surface area contributed by atoms with Crippen LogP contribution < -0.4 is 14.9 Å². The number of amides is 4. The van der Waals surface area contributed by atoms with Crippen molar-refractivity contribution in [3.8, 4) is 0 Å². The maximum absolute atomic E-state index is 13.2. The monoisotopic (exact) mass is 511 g/mol. The first kappa shape index (κ1) is 25.1. The molecule has 0 aliphatic carbocycles. The quantitative estimate of drug-likeness (QED) is 0.462. The fraction of sp³-hybridized carbons (Fsp3) is 0.0909. The van der Waals surface area contributed by atoms with E-state index in [1.54, 1.807) is 6.92 Å². The van der Waals surface area contributed by atoms with Gasteiger partial charge in [-0.05, 0) is 61.5 Å². The van der Waals surface area contributed by atoms with E-state index in [1.807, 2.05) is 5.32 Å². The highest BCUT2D eigenvalue weighted by Gasteiger charge is 2.33. The average Bonchev–Trinajstić information content (AvgIpc) is 2.75. The van der Waals surface area contributed by atoms with E-state index in [-0.39, 0.29) is 21.3 Å². The Morgan fingerprint density at radius 3 is 2.15 bits per heavy atom. The van der Waals surface area contributed by atoms with Gasteiger partial charge in [-0.3, -0.25) is 5.32 Å². The summed E-state index contributed by atoms with van der Waals surface area (Å²) in [5.41, 5.74) is -0.600. The van der Waals surface area contributed by atoms with E-state index in [0.29, 0.717) is 10.4 Å². The first-order chi connectivity index (χ1) is 15.9. The van der Waals surface area contributed by atoms with Gasteiger partial charge >= 0.3 is 18.2 Å². The number of rotatable bonds is 4. The van der Waals surface area contributed by atoms with Crippen molar-refractivity contribution >= 4 is 45.1 Å². The van der Waals surface area contributed by atoms with Crippen molar-refractivity contribution in [2.45, 2.75) is 18.0 Å². The maximum Gasteiger partial charge on any atom is 0.416 e. The maximum atomic E-state index is 13.2. The van der Waals surface area contributed by atoms with Gasteiger partial charge in [0.25, 0.3) is 10.0 Å². The number of hydrogen-bond donors (Lipinski definition) is 2. The molecule has 3 aromatic rings. The lowest BCUT2D eigenvalue weighted by molar-refractivity contribution is -0.137. The lowest BCUT2D eigenvalue weighted by atomic mass is 10.2. The number of hydrogen-bond acceptors (Lipinski definition) is 4. The molecule has 3 rings (SSSR count). The van der Waals surface area contributed by atoms with Crippen LogP contribution in [0.5, 0.6) is 0 Å². The van der Waals surface area contributed by atoms with E-state index in [9.17, 15) is 31.2 Å². The van der Waals surface area contributed by atoms with Gasteiger partial charge in [0.05, 0.1) is 16.1 Å². The topological polar surface area (TPSA) is 95.6 Å². The summed E-state index contributed by atoms with van der Waals surface area (Å²) in [7, 11) is -4.48. The zero-order valence-electron chi connectivity index (χ0n) is 17.4. The van der Waals surface area contributed by atoms with Gasteiger partial charge in [-0.1, -0.05) is 35.4 Å². The molecule has 3 aromatic carbocycles. The van der Waals surface area contributed by atoms with Crippen LogP contribution in [-0.2, 0) is 16.2 Å². The van der Waals surface area contributed by atoms with Crippen molar-refractivity contribution < 1.29 is 31.2 Å². The van der Waals surface area contributed by atoms with Gasteiger partial charge < -0.3 is 5.32 Å². The lowest BCUT2D eigenvalue weighted by Gasteiger charge is -2.23. The molecular weight excluding hydrogens is 495 g/mol. The van der Waals surface area contributed by atoms with Crippen LogP contribution in [0.2, 0.25) is 5.02 Å². The number of aryl methyl sites for hydroxylation is 1. The molecule has 2 N–H and O–H groups in total. The Kier molecular flexibility index (Phi) is 7.18. The van der Waals surface area contributed by atoms with E-state index in [1.165, 1.54) is 54.6 Å². The zero-order chi connectivity index (χ0) is 25.1. The summed E-state index contributed by atoms with van der Waals surface area (Å²) in [6.07, 6.45) is -4.64. The molecule has 12 heteroatoms. The Balaban J connectivity index is 1.89. The Morgan fingerprint density at radius 1 is 0.941 bits per heavy atom. The van der Waals surface area contributed by atoms with E-state index < -0.39 is 33.8 Å². The largest absolute Gasteiger partial charge is 0.416 e. The molecule has 4 amide bonds. The molecule has 0 aromatic heterocycles. The molecule has 0 spiro atoms. The molecule has 0 unspecified atom stereocenters. The van der Waals surface area contributed by atoms with Crippen LogP contribution in [-0.4, -0.2) is 20.5 Å². The summed E-state index contributed by atoms with van der Waals surface area (Å²) >= 11 is 5.85. The average molecular weight is 512 g/mol. The van der Waals surface area contributed by atoms with E-state index in [2.05, 4.69) is 5.32 Å². The summed E-state index contributed by atoms with van der Waals surface area (Å²) in [6.45, 7) is 1.75. The number of nitrogens with one attached hydrogen (secondary N) is 2. The van der Waals surface area contributed by atoms with Crippen molar-refractivity contribution in [3.63, 3.8) is 0 Å². The first-order valence-corrected chi connectivity index (χ1v) is 11.4. The van der Waals surface area contributed by atoms with E-state index >= 15 is 0 Å². The van der Waals surface area contributed by atoms with Gasteiger partial charge in [0.15, 0.2) is 0 Å². The standard InChI is InChI=1S/C22H17ClF3N3O4S/c1-14-5-11-19(12-6-14)34(32,33)29(18-9-7-16(23)8-10-18)21(31)28-20(30)27-17-4-2-3-15(13-17)22(24,25)26/h2-13H,1H3,(H2,27,28,30,31). The van der Waals surface area contributed by atoms with Crippen LogP contribution in [0.4, 0.5) is 34.1 Å². The first-order valence-electron chi connectivity index (χ1n) is 9.55. The number of carbonyl (C=O) groups excluding carboxylic acids is 2. The number of anilines is 2. The minimum Gasteiger partial charge on any atom is -0.308 e. The highest BCUT2D eigenvalue weighted by Crippen LogP contribution is 2.31. The van der Waals surface area contributed by atoms with E-state index in [4.69, 9.17) is 11.6 Å². The molecule has 0 aliphatic rings. The van der Waals surface area contributed by atoms with Crippen molar-refractivity contribution in [1.82, 2.24) is 5.32 Å². The predicted molar refractivity (Wildman–Crippen MR) is 121 cm³/mol. The highest BCUT2D eigenvalue weighted by molar-refractivity contribution is 7.93. The van der Waals surface area contributed by atoms with Crippen molar-refractivity contribution in [1.29, 1.82) is 0 Å². The molecule has 0 heterocycles. The summed E-state index contributed by atoms with van der Waals surface area (Å²) in [5.74, 6) is 0. The summed E-state index contributed by atoms with van der Waals surface area (Å²) < 4.78 is 65.5. The number of sulfonamides is 1. The Bertz CT molecular complexity index is 1310. The molecule has 0 radical (unpaired) electrons. The minimum atomic E-state index is -4.64. The Labute approximate surface area is 198 Å². The van der Waals surface area contributed by atoms with Gasteiger partial charge in [-0.25, -0.2) is 18.0 Å². The van der Waals surface area contributed by atoms with Gasteiger partial charge in [0.1, 0.15) is 0 Å². The molecule has 178 valence electrons. The Morgan fingerprint density at radius 2 is 1.56 bits per heavy atom. The van der Waals surface area contributed by atoms with Crippen LogP contribution in [0.15, 0.2) is 77.7 Å². The number of imide groups is 1. The second kappa shape index (κ2) is 9.74. The molecule has 0 bridgehead atoms. The number of carbonyl (C=O) groups is 2. The summed E-state index contributed by atoms with van der Waals surface area (Å²) in [6, 6.07) is 12.0. The molecule has 0 aliphatic heterocycles. The third kappa shape index (κ3) is 5.86. The van der Waals surface area contributed by atoms with Gasteiger partial charge in [0.2, 0.25) is 0 Å². The number of benzene rings is 3. The van der Waals surface area contributed by atoms with Crippen LogP contribution in [0.1, 0.15) is 11.1 Å². The number of nitrogens with zero attached hydrogens (tertiary/aromatic N) is 1.